The molecule has 0 aliphatic heterocycles. The number of benzene rings is 1. The Morgan fingerprint density at radius 2 is 2.00 bits per heavy atom. The molecule has 0 aliphatic rings. The van der Waals surface area contributed by atoms with Gasteiger partial charge in [-0.1, -0.05) is 17.7 Å². The maximum atomic E-state index is 6.33. The first kappa shape index (κ1) is 14.1. The third kappa shape index (κ3) is 3.17. The van der Waals surface area contributed by atoms with Crippen molar-refractivity contribution in [2.45, 2.75) is 20.3 Å². The minimum absolute atomic E-state index is 0.754. The highest BCUT2D eigenvalue weighted by atomic mass is 35.5. The summed E-state index contributed by atoms with van der Waals surface area (Å²) in [4.78, 5) is 4.60. The Hall–Kier alpha value is -1.32. The van der Waals surface area contributed by atoms with Gasteiger partial charge in [-0.25, -0.2) is 0 Å². The fourth-order valence-corrected chi connectivity index (χ4v) is 2.44. The molecule has 0 atom stereocenters. The van der Waals surface area contributed by atoms with Crippen LogP contribution >= 0.6 is 11.6 Å². The standard InChI is InChI=1S/C15H20ClN3/c1-10-5-6-12(16)14-13(18-8-4-7-17-3)9-11(2)19-15(10)14/h5-6,9,17H,4,7-8H2,1-3H3,(H,18,19). The highest BCUT2D eigenvalue weighted by Crippen LogP contribution is 2.32. The zero-order valence-corrected chi connectivity index (χ0v) is 12.4. The predicted molar refractivity (Wildman–Crippen MR) is 83.3 cm³/mol. The normalized spacial score (nSPS) is 10.9. The largest absolute Gasteiger partial charge is 0.384 e. The molecule has 0 spiro atoms. The summed E-state index contributed by atoms with van der Waals surface area (Å²) in [6.07, 6.45) is 1.07. The molecule has 2 aromatic rings. The smallest absolute Gasteiger partial charge is 0.0770 e. The number of nitrogens with zero attached hydrogens (tertiary/aromatic N) is 1. The number of aromatic nitrogens is 1. The number of hydrogen-bond acceptors (Lipinski definition) is 3. The monoisotopic (exact) mass is 277 g/mol. The summed E-state index contributed by atoms with van der Waals surface area (Å²) in [6.45, 7) is 6.00. The van der Waals surface area contributed by atoms with Crippen LogP contribution in [0.1, 0.15) is 17.7 Å². The van der Waals surface area contributed by atoms with Crippen LogP contribution in [0.25, 0.3) is 10.9 Å². The van der Waals surface area contributed by atoms with E-state index < -0.39 is 0 Å². The number of aryl methyl sites for hydroxylation is 2. The van der Waals surface area contributed by atoms with E-state index in [0.717, 1.165) is 52.4 Å². The molecule has 3 nitrogen and oxygen atoms in total. The van der Waals surface area contributed by atoms with Gasteiger partial charge in [0.2, 0.25) is 0 Å². The summed E-state index contributed by atoms with van der Waals surface area (Å²) >= 11 is 6.33. The molecule has 0 saturated heterocycles. The zero-order valence-electron chi connectivity index (χ0n) is 11.7. The number of hydrogen-bond donors (Lipinski definition) is 2. The van der Waals surface area contributed by atoms with E-state index in [1.165, 1.54) is 0 Å². The van der Waals surface area contributed by atoms with Crippen molar-refractivity contribution in [1.29, 1.82) is 0 Å². The lowest BCUT2D eigenvalue weighted by atomic mass is 10.1. The van der Waals surface area contributed by atoms with Gasteiger partial charge in [-0.3, -0.25) is 4.98 Å². The number of nitrogens with one attached hydrogen (secondary N) is 2. The Bertz CT molecular complexity index is 581. The summed E-state index contributed by atoms with van der Waals surface area (Å²) in [7, 11) is 1.96. The molecule has 4 heteroatoms. The van der Waals surface area contributed by atoms with E-state index >= 15 is 0 Å². The molecule has 0 bridgehead atoms. The van der Waals surface area contributed by atoms with Gasteiger partial charge in [0.15, 0.2) is 0 Å². The van der Waals surface area contributed by atoms with Crippen molar-refractivity contribution in [2.24, 2.45) is 0 Å². The van der Waals surface area contributed by atoms with Crippen LogP contribution in [0.4, 0.5) is 5.69 Å². The Morgan fingerprint density at radius 1 is 1.21 bits per heavy atom. The molecule has 19 heavy (non-hydrogen) atoms. The minimum atomic E-state index is 0.754. The van der Waals surface area contributed by atoms with Crippen LogP contribution in [0.5, 0.6) is 0 Å². The van der Waals surface area contributed by atoms with Gasteiger partial charge in [0.25, 0.3) is 0 Å². The van der Waals surface area contributed by atoms with Crippen LogP contribution in [0.15, 0.2) is 18.2 Å². The summed E-state index contributed by atoms with van der Waals surface area (Å²) < 4.78 is 0. The van der Waals surface area contributed by atoms with Gasteiger partial charge in [-0.15, -0.1) is 0 Å². The first-order valence-electron chi connectivity index (χ1n) is 6.58. The molecule has 1 aromatic heterocycles. The van der Waals surface area contributed by atoms with Crippen LogP contribution in [0, 0.1) is 13.8 Å². The van der Waals surface area contributed by atoms with Crippen molar-refractivity contribution in [1.82, 2.24) is 10.3 Å². The molecule has 0 radical (unpaired) electrons. The van der Waals surface area contributed by atoms with E-state index in [1.807, 2.05) is 26.1 Å². The van der Waals surface area contributed by atoms with Gasteiger partial charge in [-0.2, -0.15) is 0 Å². The SMILES string of the molecule is CNCCCNc1cc(C)nc2c(C)ccc(Cl)c12. The van der Waals surface area contributed by atoms with Gasteiger partial charge in [-0.05, 0) is 51.6 Å². The molecular formula is C15H20ClN3. The van der Waals surface area contributed by atoms with Crippen molar-refractivity contribution in [3.05, 3.63) is 34.5 Å². The molecule has 1 aromatic carbocycles. The predicted octanol–water partition coefficient (Wildman–Crippen LogP) is 3.53. The average Bonchev–Trinajstić information content (AvgIpc) is 2.38. The molecule has 0 saturated carbocycles. The highest BCUT2D eigenvalue weighted by molar-refractivity contribution is 6.36. The summed E-state index contributed by atoms with van der Waals surface area (Å²) in [5.74, 6) is 0. The Balaban J connectivity index is 2.39. The van der Waals surface area contributed by atoms with Gasteiger partial charge in [0, 0.05) is 23.3 Å². The third-order valence-electron chi connectivity index (χ3n) is 3.16. The maximum absolute atomic E-state index is 6.33. The topological polar surface area (TPSA) is 37.0 Å². The number of anilines is 1. The molecule has 2 rings (SSSR count). The second kappa shape index (κ2) is 6.22. The Morgan fingerprint density at radius 3 is 2.74 bits per heavy atom. The molecule has 0 unspecified atom stereocenters. The fraction of sp³-hybridized carbons (Fsp3) is 0.400. The second-order valence-electron chi connectivity index (χ2n) is 4.78. The number of rotatable bonds is 5. The first-order chi connectivity index (χ1) is 9.13. The average molecular weight is 278 g/mol. The van der Waals surface area contributed by atoms with E-state index in [-0.39, 0.29) is 0 Å². The van der Waals surface area contributed by atoms with Crippen LogP contribution in [0.2, 0.25) is 5.02 Å². The Kier molecular flexibility index (Phi) is 4.61. The third-order valence-corrected chi connectivity index (χ3v) is 3.47. The van der Waals surface area contributed by atoms with Crippen LogP contribution in [0.3, 0.4) is 0 Å². The van der Waals surface area contributed by atoms with E-state index in [1.54, 1.807) is 0 Å². The summed E-state index contributed by atoms with van der Waals surface area (Å²) in [5, 5.41) is 8.39. The lowest BCUT2D eigenvalue weighted by Gasteiger charge is -2.13. The van der Waals surface area contributed by atoms with E-state index in [0.29, 0.717) is 0 Å². The highest BCUT2D eigenvalue weighted by Gasteiger charge is 2.09. The molecule has 0 fully saturated rings. The molecule has 1 heterocycles. The maximum Gasteiger partial charge on any atom is 0.0770 e. The van der Waals surface area contributed by atoms with Gasteiger partial charge in [0.05, 0.1) is 10.5 Å². The minimum Gasteiger partial charge on any atom is -0.384 e. The summed E-state index contributed by atoms with van der Waals surface area (Å²) in [5.41, 5.74) is 4.23. The van der Waals surface area contributed by atoms with Gasteiger partial charge in [0.1, 0.15) is 0 Å². The number of halogens is 1. The van der Waals surface area contributed by atoms with Crippen molar-refractivity contribution in [3.8, 4) is 0 Å². The fourth-order valence-electron chi connectivity index (χ4n) is 2.19. The lowest BCUT2D eigenvalue weighted by Crippen LogP contribution is -2.13. The second-order valence-corrected chi connectivity index (χ2v) is 5.19. The van der Waals surface area contributed by atoms with Gasteiger partial charge < -0.3 is 10.6 Å². The number of pyridine rings is 1. The van der Waals surface area contributed by atoms with E-state index in [2.05, 4.69) is 28.6 Å². The number of fused-ring (bicyclic) bond motifs is 1. The molecule has 102 valence electrons. The van der Waals surface area contributed by atoms with Crippen LogP contribution in [-0.2, 0) is 0 Å². The summed E-state index contributed by atoms with van der Waals surface area (Å²) in [6, 6.07) is 6.02. The van der Waals surface area contributed by atoms with E-state index in [9.17, 15) is 0 Å². The van der Waals surface area contributed by atoms with Crippen LogP contribution < -0.4 is 10.6 Å². The zero-order chi connectivity index (χ0) is 13.8. The van der Waals surface area contributed by atoms with Gasteiger partial charge >= 0.3 is 0 Å². The molecule has 2 N–H and O–H groups in total. The first-order valence-corrected chi connectivity index (χ1v) is 6.96. The molecule has 0 aliphatic carbocycles. The van der Waals surface area contributed by atoms with Crippen molar-refractivity contribution < 1.29 is 0 Å². The molecular weight excluding hydrogens is 258 g/mol. The molecule has 0 amide bonds. The Labute approximate surface area is 119 Å². The lowest BCUT2D eigenvalue weighted by molar-refractivity contribution is 0.748. The van der Waals surface area contributed by atoms with Crippen molar-refractivity contribution in [3.63, 3.8) is 0 Å². The van der Waals surface area contributed by atoms with Crippen LogP contribution in [-0.4, -0.2) is 25.1 Å². The van der Waals surface area contributed by atoms with E-state index in [4.69, 9.17) is 11.6 Å². The quantitative estimate of drug-likeness (QED) is 0.821. The van der Waals surface area contributed by atoms with Crippen molar-refractivity contribution >= 4 is 28.2 Å². The van der Waals surface area contributed by atoms with Crippen molar-refractivity contribution in [2.75, 3.05) is 25.5 Å².